The van der Waals surface area contributed by atoms with E-state index in [1.807, 2.05) is 6.08 Å². The molecule has 1 aliphatic carbocycles. The van der Waals surface area contributed by atoms with Gasteiger partial charge in [0, 0.05) is 17.4 Å². The minimum Gasteiger partial charge on any atom is -0.0829 e. The van der Waals surface area contributed by atoms with Gasteiger partial charge >= 0.3 is 0 Å². The van der Waals surface area contributed by atoms with E-state index in [9.17, 15) is 0 Å². The minimum absolute atomic E-state index is 0.586. The first-order valence-corrected chi connectivity index (χ1v) is 3.06. The van der Waals surface area contributed by atoms with Gasteiger partial charge in [-0.15, -0.1) is 0 Å². The molecule has 41 valence electrons. The number of thiocarbonyl (C=S) groups is 1. The van der Waals surface area contributed by atoms with Crippen molar-refractivity contribution in [3.63, 3.8) is 0 Å². The standard InChI is InChI=1S/C6H4ClS/c7-5-3-1-2-4-6(5)8/h1-2H,4H2. The molecule has 1 rings (SSSR count). The molecule has 0 aliphatic heterocycles. The third-order valence-electron chi connectivity index (χ3n) is 0.876. The van der Waals surface area contributed by atoms with Crippen LogP contribution in [0.25, 0.3) is 0 Å². The van der Waals surface area contributed by atoms with Gasteiger partial charge in [0.15, 0.2) is 0 Å². The van der Waals surface area contributed by atoms with Gasteiger partial charge < -0.3 is 0 Å². The molecule has 0 aromatic carbocycles. The zero-order valence-electron chi connectivity index (χ0n) is 4.15. The van der Waals surface area contributed by atoms with Crippen LogP contribution in [-0.2, 0) is 0 Å². The maximum atomic E-state index is 5.58. The molecule has 0 amide bonds. The summed E-state index contributed by atoms with van der Waals surface area (Å²) in [6.07, 6.45) is 7.31. The normalized spacial score (nSPS) is 18.6. The predicted octanol–water partition coefficient (Wildman–Crippen LogP) is 2.24. The van der Waals surface area contributed by atoms with Crippen LogP contribution in [0.15, 0.2) is 17.2 Å². The van der Waals surface area contributed by atoms with Crippen LogP contribution in [-0.4, -0.2) is 4.86 Å². The Balaban J connectivity index is 2.80. The first-order valence-electron chi connectivity index (χ1n) is 2.28. The Morgan fingerprint density at radius 1 is 1.75 bits per heavy atom. The van der Waals surface area contributed by atoms with Crippen molar-refractivity contribution in [2.45, 2.75) is 6.42 Å². The summed E-state index contributed by atoms with van der Waals surface area (Å²) in [7, 11) is 0. The van der Waals surface area contributed by atoms with Gasteiger partial charge in [-0.05, 0) is 0 Å². The van der Waals surface area contributed by atoms with Crippen molar-refractivity contribution in [1.82, 2.24) is 0 Å². The van der Waals surface area contributed by atoms with E-state index in [2.05, 4.69) is 6.08 Å². The van der Waals surface area contributed by atoms with Gasteiger partial charge in [-0.2, -0.15) is 0 Å². The van der Waals surface area contributed by atoms with Gasteiger partial charge in [-0.25, -0.2) is 0 Å². The monoisotopic (exact) mass is 143 g/mol. The molecule has 0 aromatic heterocycles. The summed E-state index contributed by atoms with van der Waals surface area (Å²) in [4.78, 5) is 0.786. The van der Waals surface area contributed by atoms with Crippen LogP contribution in [0.1, 0.15) is 6.42 Å². The highest BCUT2D eigenvalue weighted by molar-refractivity contribution is 7.81. The average Bonchev–Trinajstić information content (AvgIpc) is 1.77. The van der Waals surface area contributed by atoms with Crippen molar-refractivity contribution in [3.8, 4) is 0 Å². The van der Waals surface area contributed by atoms with Gasteiger partial charge in [0.2, 0.25) is 0 Å². The number of rotatable bonds is 0. The molecule has 1 aliphatic rings. The lowest BCUT2D eigenvalue weighted by Gasteiger charge is -1.98. The molecule has 0 saturated carbocycles. The van der Waals surface area contributed by atoms with E-state index < -0.39 is 0 Å². The molecule has 0 spiro atoms. The van der Waals surface area contributed by atoms with E-state index >= 15 is 0 Å². The van der Waals surface area contributed by atoms with E-state index in [-0.39, 0.29) is 0 Å². The van der Waals surface area contributed by atoms with E-state index in [4.69, 9.17) is 23.8 Å². The molecular formula is C6H4ClS. The third kappa shape index (κ3) is 1.17. The lowest BCUT2D eigenvalue weighted by atomic mass is 10.2. The molecule has 0 bridgehead atoms. The highest BCUT2D eigenvalue weighted by atomic mass is 35.5. The molecule has 0 nitrogen and oxygen atoms in total. The largest absolute Gasteiger partial charge is 0.0829 e. The summed E-state index contributed by atoms with van der Waals surface area (Å²) < 4.78 is 0. The molecule has 0 atom stereocenters. The first-order chi connectivity index (χ1) is 3.80. The number of halogens is 1. The fourth-order valence-electron chi connectivity index (χ4n) is 0.468. The molecule has 0 fully saturated rings. The molecule has 0 N–H and O–H groups in total. The fraction of sp³-hybridized carbons (Fsp3) is 0.167. The third-order valence-corrected chi connectivity index (χ3v) is 1.70. The lowest BCUT2D eigenvalue weighted by Crippen LogP contribution is -1.94. The summed E-state index contributed by atoms with van der Waals surface area (Å²) in [5.41, 5.74) is 0. The summed E-state index contributed by atoms with van der Waals surface area (Å²) in [5.74, 6) is 0. The van der Waals surface area contributed by atoms with Crippen LogP contribution in [0, 0.1) is 6.08 Å². The van der Waals surface area contributed by atoms with E-state index in [0.29, 0.717) is 5.03 Å². The van der Waals surface area contributed by atoms with Crippen LogP contribution in [0.4, 0.5) is 0 Å². The van der Waals surface area contributed by atoms with Crippen LogP contribution < -0.4 is 0 Å². The molecule has 0 saturated heterocycles. The topological polar surface area (TPSA) is 0 Å². The fourth-order valence-corrected chi connectivity index (χ4v) is 0.763. The van der Waals surface area contributed by atoms with E-state index in [0.717, 1.165) is 11.3 Å². The Hall–Kier alpha value is -0.140. The summed E-state index contributed by atoms with van der Waals surface area (Å²) in [5, 5.41) is 0.586. The van der Waals surface area contributed by atoms with Crippen molar-refractivity contribution < 1.29 is 0 Å². The maximum absolute atomic E-state index is 5.58. The number of hydrogen-bond donors (Lipinski definition) is 0. The summed E-state index contributed by atoms with van der Waals surface area (Å²) >= 11 is 10.4. The zero-order valence-corrected chi connectivity index (χ0v) is 5.72. The Bertz CT molecular complexity index is 167. The van der Waals surface area contributed by atoms with Crippen molar-refractivity contribution >= 4 is 28.7 Å². The van der Waals surface area contributed by atoms with Crippen molar-refractivity contribution in [2.24, 2.45) is 0 Å². The van der Waals surface area contributed by atoms with Gasteiger partial charge in [0.05, 0.1) is 5.03 Å². The maximum Gasteiger partial charge on any atom is 0.0627 e. The Morgan fingerprint density at radius 3 is 2.88 bits per heavy atom. The van der Waals surface area contributed by atoms with Crippen LogP contribution in [0.5, 0.6) is 0 Å². The molecule has 1 radical (unpaired) electrons. The summed E-state index contributed by atoms with van der Waals surface area (Å²) in [6.45, 7) is 0. The van der Waals surface area contributed by atoms with Crippen molar-refractivity contribution in [3.05, 3.63) is 23.3 Å². The highest BCUT2D eigenvalue weighted by Gasteiger charge is 2.00. The second-order valence-corrected chi connectivity index (χ2v) is 2.36. The van der Waals surface area contributed by atoms with Crippen molar-refractivity contribution in [2.75, 3.05) is 0 Å². The molecule has 0 heterocycles. The molecular weight excluding hydrogens is 140 g/mol. The number of hydrogen-bond acceptors (Lipinski definition) is 1. The Morgan fingerprint density at radius 2 is 2.50 bits per heavy atom. The SMILES string of the molecule is S=C1CC=C[C]=C1Cl. The van der Waals surface area contributed by atoms with Crippen molar-refractivity contribution in [1.29, 1.82) is 0 Å². The second kappa shape index (κ2) is 2.42. The van der Waals surface area contributed by atoms with Gasteiger partial charge in [0.1, 0.15) is 0 Å². The minimum atomic E-state index is 0.586. The molecule has 2 heteroatoms. The Kier molecular flexibility index (Phi) is 1.81. The van der Waals surface area contributed by atoms with Gasteiger partial charge in [0.25, 0.3) is 0 Å². The quantitative estimate of drug-likeness (QED) is 0.469. The smallest absolute Gasteiger partial charge is 0.0627 e. The van der Waals surface area contributed by atoms with Gasteiger partial charge in [-0.3, -0.25) is 0 Å². The lowest BCUT2D eigenvalue weighted by molar-refractivity contribution is 1.48. The van der Waals surface area contributed by atoms with Crippen LogP contribution in [0.3, 0.4) is 0 Å². The molecule has 0 unspecified atom stereocenters. The van der Waals surface area contributed by atoms with E-state index in [1.165, 1.54) is 0 Å². The van der Waals surface area contributed by atoms with Gasteiger partial charge in [-0.1, -0.05) is 36.0 Å². The summed E-state index contributed by atoms with van der Waals surface area (Å²) in [6, 6.07) is 0. The predicted molar refractivity (Wildman–Crippen MR) is 39.0 cm³/mol. The second-order valence-electron chi connectivity index (χ2n) is 1.49. The zero-order chi connectivity index (χ0) is 5.98. The highest BCUT2D eigenvalue weighted by Crippen LogP contribution is 2.11. The van der Waals surface area contributed by atoms with Crippen LogP contribution in [0.2, 0.25) is 0 Å². The molecule has 8 heavy (non-hydrogen) atoms. The van der Waals surface area contributed by atoms with E-state index in [1.54, 1.807) is 6.08 Å². The average molecular weight is 144 g/mol. The number of allylic oxidation sites excluding steroid dienone is 4. The first kappa shape index (κ1) is 5.99. The molecule has 0 aromatic rings. The Labute approximate surface area is 58.8 Å². The van der Waals surface area contributed by atoms with Crippen LogP contribution >= 0.6 is 23.8 Å².